The van der Waals surface area contributed by atoms with Crippen molar-refractivity contribution >= 4 is 39.1 Å². The van der Waals surface area contributed by atoms with Crippen LogP contribution < -0.4 is 14.4 Å². The van der Waals surface area contributed by atoms with E-state index in [-0.39, 0.29) is 40.5 Å². The molecule has 0 fully saturated rings. The predicted molar refractivity (Wildman–Crippen MR) is 178 cm³/mol. The van der Waals surface area contributed by atoms with Gasteiger partial charge in [-0.15, -0.1) is 0 Å². The molecule has 0 bridgehead atoms. The van der Waals surface area contributed by atoms with Crippen LogP contribution in [-0.4, -0.2) is 50.9 Å². The van der Waals surface area contributed by atoms with Crippen LogP contribution in [0.1, 0.15) is 30.5 Å². The highest BCUT2D eigenvalue weighted by Gasteiger charge is 2.35. The van der Waals surface area contributed by atoms with Crippen LogP contribution >= 0.6 is 11.6 Å². The molecule has 236 valence electrons. The molecule has 0 aromatic heterocycles. The van der Waals surface area contributed by atoms with Gasteiger partial charge in [0.25, 0.3) is 10.0 Å². The summed E-state index contributed by atoms with van der Waals surface area (Å²) in [7, 11) is -2.78. The smallest absolute Gasteiger partial charge is 0.264 e. The third kappa shape index (κ3) is 8.44. The zero-order chi connectivity index (χ0) is 32.6. The number of nitrogens with zero attached hydrogens (tertiary/aromatic N) is 2. The Morgan fingerprint density at radius 2 is 1.51 bits per heavy atom. The van der Waals surface area contributed by atoms with Crippen LogP contribution in [0.15, 0.2) is 108 Å². The molecule has 2 amide bonds. The first-order valence-electron chi connectivity index (χ1n) is 14.6. The molecule has 4 rings (SSSR count). The zero-order valence-electron chi connectivity index (χ0n) is 25.8. The van der Waals surface area contributed by atoms with E-state index < -0.39 is 28.5 Å². The highest BCUT2D eigenvalue weighted by atomic mass is 35.5. The summed E-state index contributed by atoms with van der Waals surface area (Å²) < 4.78 is 34.5. The van der Waals surface area contributed by atoms with Gasteiger partial charge in [-0.2, -0.15) is 0 Å². The molecule has 10 heteroatoms. The summed E-state index contributed by atoms with van der Waals surface area (Å²) in [6.07, 6.45) is 0.233. The lowest BCUT2D eigenvalue weighted by molar-refractivity contribution is -0.140. The van der Waals surface area contributed by atoms with Crippen molar-refractivity contribution in [1.82, 2.24) is 10.2 Å². The Labute approximate surface area is 270 Å². The molecule has 4 aromatic rings. The topological polar surface area (TPSA) is 96.0 Å². The first-order valence-corrected chi connectivity index (χ1v) is 16.4. The predicted octanol–water partition coefficient (Wildman–Crippen LogP) is 6.02. The van der Waals surface area contributed by atoms with Crippen molar-refractivity contribution < 1.29 is 22.7 Å². The number of aryl methyl sites for hydroxylation is 1. The third-order valence-corrected chi connectivity index (χ3v) is 9.42. The molecule has 0 saturated carbocycles. The quantitative estimate of drug-likeness (QED) is 0.192. The van der Waals surface area contributed by atoms with E-state index in [2.05, 4.69) is 5.32 Å². The number of hydrogen-bond donors (Lipinski definition) is 1. The Kier molecular flexibility index (Phi) is 11.3. The number of anilines is 1. The zero-order valence-corrected chi connectivity index (χ0v) is 27.4. The minimum Gasteiger partial charge on any atom is -0.495 e. The summed E-state index contributed by atoms with van der Waals surface area (Å²) in [4.78, 5) is 29.8. The van der Waals surface area contributed by atoms with Gasteiger partial charge >= 0.3 is 0 Å². The van der Waals surface area contributed by atoms with E-state index in [0.717, 1.165) is 21.0 Å². The van der Waals surface area contributed by atoms with Gasteiger partial charge in [0, 0.05) is 19.0 Å². The minimum absolute atomic E-state index is 0.00795. The average Bonchev–Trinajstić information content (AvgIpc) is 3.02. The Morgan fingerprint density at radius 3 is 2.11 bits per heavy atom. The van der Waals surface area contributed by atoms with Crippen LogP contribution in [0.3, 0.4) is 0 Å². The van der Waals surface area contributed by atoms with Gasteiger partial charge in [-0.3, -0.25) is 13.9 Å². The molecule has 1 atom stereocenters. The number of ether oxygens (including phenoxy) is 1. The number of benzene rings is 4. The number of rotatable bonds is 13. The fraction of sp³-hybridized carbons (Fsp3) is 0.257. The second kappa shape index (κ2) is 15.1. The Bertz CT molecular complexity index is 1720. The van der Waals surface area contributed by atoms with Gasteiger partial charge in [0.05, 0.1) is 22.7 Å². The maximum atomic E-state index is 14.5. The fourth-order valence-electron chi connectivity index (χ4n) is 4.96. The van der Waals surface area contributed by atoms with Gasteiger partial charge in [-0.1, -0.05) is 84.4 Å². The Morgan fingerprint density at radius 1 is 0.889 bits per heavy atom. The van der Waals surface area contributed by atoms with Crippen molar-refractivity contribution in [3.8, 4) is 5.75 Å². The van der Waals surface area contributed by atoms with E-state index in [1.807, 2.05) is 75.4 Å². The summed E-state index contributed by atoms with van der Waals surface area (Å²) >= 11 is 6.43. The summed E-state index contributed by atoms with van der Waals surface area (Å²) in [5.41, 5.74) is 2.82. The number of carbonyl (C=O) groups excluding carboxylic acids is 2. The molecule has 0 aliphatic heterocycles. The highest BCUT2D eigenvalue weighted by molar-refractivity contribution is 7.92. The van der Waals surface area contributed by atoms with Crippen molar-refractivity contribution in [3.63, 3.8) is 0 Å². The van der Waals surface area contributed by atoms with E-state index in [9.17, 15) is 18.0 Å². The summed E-state index contributed by atoms with van der Waals surface area (Å²) in [6, 6.07) is 28.4. The van der Waals surface area contributed by atoms with Crippen LogP contribution in [0.4, 0.5) is 5.69 Å². The van der Waals surface area contributed by atoms with E-state index in [0.29, 0.717) is 5.75 Å². The van der Waals surface area contributed by atoms with Gasteiger partial charge in [-0.25, -0.2) is 8.42 Å². The van der Waals surface area contributed by atoms with Crippen molar-refractivity contribution in [2.75, 3.05) is 18.0 Å². The Balaban J connectivity index is 1.83. The molecule has 4 aromatic carbocycles. The van der Waals surface area contributed by atoms with Gasteiger partial charge in [0.1, 0.15) is 18.3 Å². The van der Waals surface area contributed by atoms with Gasteiger partial charge in [0.2, 0.25) is 11.8 Å². The minimum atomic E-state index is -4.24. The molecule has 45 heavy (non-hydrogen) atoms. The largest absolute Gasteiger partial charge is 0.495 e. The van der Waals surface area contributed by atoms with Crippen LogP contribution in [0, 0.1) is 6.92 Å². The van der Waals surface area contributed by atoms with Gasteiger partial charge in [0.15, 0.2) is 0 Å². The van der Waals surface area contributed by atoms with E-state index >= 15 is 0 Å². The molecule has 1 N–H and O–H groups in total. The molecule has 0 spiro atoms. The maximum Gasteiger partial charge on any atom is 0.264 e. The number of carbonyl (C=O) groups is 2. The van der Waals surface area contributed by atoms with E-state index in [4.69, 9.17) is 16.3 Å². The second-order valence-corrected chi connectivity index (χ2v) is 13.2. The van der Waals surface area contributed by atoms with Gasteiger partial charge < -0.3 is 15.0 Å². The molecule has 8 nitrogen and oxygen atoms in total. The van der Waals surface area contributed by atoms with Crippen LogP contribution in [0.5, 0.6) is 5.75 Å². The summed E-state index contributed by atoms with van der Waals surface area (Å²) in [5.74, 6) is -0.524. The van der Waals surface area contributed by atoms with Crippen LogP contribution in [-0.2, 0) is 32.6 Å². The molecular formula is C35H38ClN3O5S. The molecule has 0 aliphatic rings. The lowest BCUT2D eigenvalue weighted by Crippen LogP contribution is -2.54. The molecule has 0 radical (unpaired) electrons. The lowest BCUT2D eigenvalue weighted by Gasteiger charge is -2.34. The summed E-state index contributed by atoms with van der Waals surface area (Å²) in [5, 5.41) is 3.15. The van der Waals surface area contributed by atoms with Crippen LogP contribution in [0.25, 0.3) is 0 Å². The highest BCUT2D eigenvalue weighted by Crippen LogP contribution is 2.32. The maximum absolute atomic E-state index is 14.5. The van der Waals surface area contributed by atoms with Crippen molar-refractivity contribution in [2.24, 2.45) is 0 Å². The first-order chi connectivity index (χ1) is 21.5. The number of hydrogen-bond acceptors (Lipinski definition) is 5. The average molecular weight is 648 g/mol. The van der Waals surface area contributed by atoms with Crippen molar-refractivity contribution in [1.29, 1.82) is 0 Å². The molecule has 0 aliphatic carbocycles. The van der Waals surface area contributed by atoms with Crippen molar-refractivity contribution in [3.05, 3.63) is 125 Å². The summed E-state index contributed by atoms with van der Waals surface area (Å²) in [6.45, 7) is 5.16. The Hall–Kier alpha value is -4.34. The number of sulfonamides is 1. The molecule has 0 heterocycles. The monoisotopic (exact) mass is 647 g/mol. The first kappa shape index (κ1) is 33.6. The molecule has 0 unspecified atom stereocenters. The molecule has 0 saturated heterocycles. The second-order valence-electron chi connectivity index (χ2n) is 11.0. The van der Waals surface area contributed by atoms with Crippen molar-refractivity contribution in [2.45, 2.75) is 50.7 Å². The van der Waals surface area contributed by atoms with E-state index in [1.165, 1.54) is 36.3 Å². The van der Waals surface area contributed by atoms with Crippen LogP contribution in [0.2, 0.25) is 5.02 Å². The van der Waals surface area contributed by atoms with E-state index in [1.54, 1.807) is 24.3 Å². The lowest BCUT2D eigenvalue weighted by atomic mass is 10.0. The normalized spacial score (nSPS) is 12.0. The number of methoxy groups -OCH3 is 1. The number of halogens is 1. The van der Waals surface area contributed by atoms with Gasteiger partial charge in [-0.05, 0) is 67.8 Å². The number of nitrogens with one attached hydrogen (secondary N) is 1. The molecular weight excluding hydrogens is 610 g/mol. The fourth-order valence-corrected chi connectivity index (χ4v) is 6.64. The standard InChI is InChI=1S/C35H38ClN3O5S/c1-25(2)37-35(41)32(21-27-14-7-5-8-15-27)38(23-28-16-12-11-13-26(28)3)34(40)24-39(29-19-20-33(44-4)31(36)22-29)45(42,43)30-17-9-6-10-18-30/h5-20,22,25,32H,21,23-24H2,1-4H3,(H,37,41)/t32-/m1/s1. The number of amides is 2. The SMILES string of the molecule is COc1ccc(N(CC(=O)N(Cc2ccccc2C)[C@H](Cc2ccccc2)C(=O)NC(C)C)S(=O)(=O)c2ccccc2)cc1Cl. The third-order valence-electron chi connectivity index (χ3n) is 7.34.